The highest BCUT2D eigenvalue weighted by molar-refractivity contribution is 5.85. The van der Waals surface area contributed by atoms with Gasteiger partial charge in [0.1, 0.15) is 5.94 Å². The molecular weight excluding hydrogens is 132 g/mol. The molecule has 10 heavy (non-hydrogen) atoms. The summed E-state index contributed by atoms with van der Waals surface area (Å²) >= 11 is 0. The molecule has 1 aliphatic rings. The van der Waals surface area contributed by atoms with Crippen molar-refractivity contribution in [3.63, 3.8) is 0 Å². The van der Waals surface area contributed by atoms with E-state index in [0.717, 1.165) is 6.20 Å². The second kappa shape index (κ2) is 2.64. The summed E-state index contributed by atoms with van der Waals surface area (Å²) in [6, 6.07) is -0.426. The van der Waals surface area contributed by atoms with E-state index >= 15 is 0 Å². The normalized spacial score (nSPS) is 24.7. The van der Waals surface area contributed by atoms with Crippen LogP contribution in [-0.4, -0.2) is 29.3 Å². The lowest BCUT2D eigenvalue weighted by molar-refractivity contribution is -0.126. The molecule has 1 fully saturated rings. The van der Waals surface area contributed by atoms with Crippen LogP contribution in [0.5, 0.6) is 0 Å². The van der Waals surface area contributed by atoms with Crippen molar-refractivity contribution < 1.29 is 9.59 Å². The summed E-state index contributed by atoms with van der Waals surface area (Å²) < 4.78 is 0. The first-order valence-electron chi connectivity index (χ1n) is 3.03. The van der Waals surface area contributed by atoms with E-state index in [-0.39, 0.29) is 5.91 Å². The van der Waals surface area contributed by atoms with Gasteiger partial charge in [-0.1, -0.05) is 0 Å². The van der Waals surface area contributed by atoms with Crippen molar-refractivity contribution in [3.05, 3.63) is 6.20 Å². The number of likely N-dealkylation sites (tertiary alicyclic amines) is 1. The summed E-state index contributed by atoms with van der Waals surface area (Å²) in [6.07, 6.45) is 1.71. The molecule has 0 spiro atoms. The SMILES string of the molecule is N[C@H]1CCN(C=C=O)C1=O. The second-order valence-electron chi connectivity index (χ2n) is 2.17. The molecule has 0 bridgehead atoms. The standard InChI is InChI=1S/C6H8N2O2/c7-5-1-2-8(3-4-9)6(5)10/h3,5H,1-2,7H2/t5-/m0/s1. The van der Waals surface area contributed by atoms with Crippen LogP contribution in [0.25, 0.3) is 0 Å². The Kier molecular flexibility index (Phi) is 1.85. The molecule has 2 N–H and O–H groups in total. The molecular formula is C6H8N2O2. The van der Waals surface area contributed by atoms with Gasteiger partial charge in [0, 0.05) is 6.54 Å². The first-order valence-corrected chi connectivity index (χ1v) is 3.03. The van der Waals surface area contributed by atoms with Gasteiger partial charge in [0.25, 0.3) is 0 Å². The Bertz CT molecular complexity index is 196. The summed E-state index contributed by atoms with van der Waals surface area (Å²) in [5, 5.41) is 0. The molecule has 0 radical (unpaired) electrons. The van der Waals surface area contributed by atoms with Crippen LogP contribution in [0.2, 0.25) is 0 Å². The van der Waals surface area contributed by atoms with E-state index in [0.29, 0.717) is 13.0 Å². The highest BCUT2D eigenvalue weighted by Gasteiger charge is 2.26. The molecule has 0 aromatic heterocycles. The van der Waals surface area contributed by atoms with Gasteiger partial charge in [-0.3, -0.25) is 4.79 Å². The van der Waals surface area contributed by atoms with Crippen LogP contribution >= 0.6 is 0 Å². The van der Waals surface area contributed by atoms with Crippen LogP contribution in [0, 0.1) is 0 Å². The highest BCUT2D eigenvalue weighted by atomic mass is 16.2. The average molecular weight is 140 g/mol. The Labute approximate surface area is 58.3 Å². The third kappa shape index (κ3) is 1.07. The maximum Gasteiger partial charge on any atom is 0.244 e. The fourth-order valence-electron chi connectivity index (χ4n) is 0.917. The van der Waals surface area contributed by atoms with E-state index in [1.165, 1.54) is 10.8 Å². The van der Waals surface area contributed by atoms with Crippen LogP contribution in [0.3, 0.4) is 0 Å². The zero-order chi connectivity index (χ0) is 7.56. The minimum absolute atomic E-state index is 0.191. The average Bonchev–Trinajstić information content (AvgIpc) is 2.20. The van der Waals surface area contributed by atoms with E-state index in [1.54, 1.807) is 0 Å². The number of nitrogens with zero attached hydrogens (tertiary/aromatic N) is 1. The van der Waals surface area contributed by atoms with Gasteiger partial charge in [-0.25, -0.2) is 4.79 Å². The summed E-state index contributed by atoms with van der Waals surface area (Å²) in [5.41, 5.74) is 5.36. The molecule has 1 aliphatic heterocycles. The quantitative estimate of drug-likeness (QED) is 0.470. The van der Waals surface area contributed by atoms with Gasteiger partial charge in [0.2, 0.25) is 5.91 Å². The molecule has 54 valence electrons. The summed E-state index contributed by atoms with van der Waals surface area (Å²) in [6.45, 7) is 0.537. The molecule has 0 aromatic rings. The van der Waals surface area contributed by atoms with Crippen molar-refractivity contribution in [1.82, 2.24) is 4.90 Å². The lowest BCUT2D eigenvalue weighted by atomic mass is 10.3. The minimum Gasteiger partial charge on any atom is -0.320 e. The van der Waals surface area contributed by atoms with Crippen LogP contribution in [0.15, 0.2) is 6.20 Å². The number of carbonyl (C=O) groups excluding carboxylic acids is 2. The van der Waals surface area contributed by atoms with E-state index in [9.17, 15) is 9.59 Å². The van der Waals surface area contributed by atoms with Gasteiger partial charge in [-0.15, -0.1) is 0 Å². The summed E-state index contributed by atoms with van der Waals surface area (Å²) in [7, 11) is 0. The van der Waals surface area contributed by atoms with Crippen molar-refractivity contribution in [2.24, 2.45) is 5.73 Å². The van der Waals surface area contributed by atoms with Gasteiger partial charge in [-0.2, -0.15) is 0 Å². The molecule has 0 saturated carbocycles. The fraction of sp³-hybridized carbons (Fsp3) is 0.500. The number of amides is 1. The van der Waals surface area contributed by atoms with Crippen molar-refractivity contribution >= 4 is 11.8 Å². The molecule has 0 aliphatic carbocycles. The predicted octanol–water partition coefficient (Wildman–Crippen LogP) is -1.11. The van der Waals surface area contributed by atoms with E-state index in [1.807, 2.05) is 0 Å². The molecule has 1 amide bonds. The first kappa shape index (κ1) is 6.99. The molecule has 4 nitrogen and oxygen atoms in total. The summed E-state index contributed by atoms with van der Waals surface area (Å²) in [5.74, 6) is 1.34. The Morgan fingerprint density at radius 3 is 2.90 bits per heavy atom. The fourth-order valence-corrected chi connectivity index (χ4v) is 0.917. The van der Waals surface area contributed by atoms with Crippen molar-refractivity contribution in [2.75, 3.05) is 6.54 Å². The highest BCUT2D eigenvalue weighted by Crippen LogP contribution is 2.07. The van der Waals surface area contributed by atoms with Gasteiger partial charge in [0.15, 0.2) is 0 Å². The number of nitrogens with two attached hydrogens (primary N) is 1. The van der Waals surface area contributed by atoms with Gasteiger partial charge >= 0.3 is 0 Å². The number of rotatable bonds is 1. The van der Waals surface area contributed by atoms with Crippen LogP contribution in [0.1, 0.15) is 6.42 Å². The van der Waals surface area contributed by atoms with Crippen LogP contribution in [0.4, 0.5) is 0 Å². The van der Waals surface area contributed by atoms with Crippen molar-refractivity contribution in [3.8, 4) is 0 Å². The van der Waals surface area contributed by atoms with Crippen LogP contribution < -0.4 is 5.73 Å². The topological polar surface area (TPSA) is 63.4 Å². The Hall–Kier alpha value is -1.12. The second-order valence-corrected chi connectivity index (χ2v) is 2.17. The zero-order valence-electron chi connectivity index (χ0n) is 5.41. The van der Waals surface area contributed by atoms with E-state index < -0.39 is 6.04 Å². The Balaban J connectivity index is 2.66. The maximum atomic E-state index is 10.9. The van der Waals surface area contributed by atoms with E-state index in [2.05, 4.69) is 0 Å². The van der Waals surface area contributed by atoms with Crippen molar-refractivity contribution in [2.45, 2.75) is 12.5 Å². The number of hydrogen-bond acceptors (Lipinski definition) is 3. The first-order chi connectivity index (χ1) is 4.75. The molecule has 1 heterocycles. The maximum absolute atomic E-state index is 10.9. The Morgan fingerprint density at radius 2 is 2.50 bits per heavy atom. The van der Waals surface area contributed by atoms with Crippen molar-refractivity contribution in [1.29, 1.82) is 0 Å². The molecule has 4 heteroatoms. The Morgan fingerprint density at radius 1 is 1.80 bits per heavy atom. The number of hydrogen-bond donors (Lipinski definition) is 1. The third-order valence-electron chi connectivity index (χ3n) is 1.49. The smallest absolute Gasteiger partial charge is 0.244 e. The third-order valence-corrected chi connectivity index (χ3v) is 1.49. The largest absolute Gasteiger partial charge is 0.320 e. The molecule has 0 aromatic carbocycles. The van der Waals surface area contributed by atoms with Gasteiger partial charge in [-0.05, 0) is 6.42 Å². The number of carbonyl (C=O) groups is 1. The molecule has 1 rings (SSSR count). The van der Waals surface area contributed by atoms with Crippen LogP contribution in [-0.2, 0) is 9.59 Å². The monoisotopic (exact) mass is 140 g/mol. The molecule has 1 atom stereocenters. The predicted molar refractivity (Wildman–Crippen MR) is 34.6 cm³/mol. The van der Waals surface area contributed by atoms with E-state index in [4.69, 9.17) is 5.73 Å². The molecule has 0 unspecified atom stereocenters. The lowest BCUT2D eigenvalue weighted by Gasteiger charge is -2.05. The van der Waals surface area contributed by atoms with Gasteiger partial charge < -0.3 is 10.6 Å². The summed E-state index contributed by atoms with van der Waals surface area (Å²) in [4.78, 5) is 22.0. The van der Waals surface area contributed by atoms with Gasteiger partial charge in [0.05, 0.1) is 12.2 Å². The minimum atomic E-state index is -0.426. The molecule has 1 saturated heterocycles. The lowest BCUT2D eigenvalue weighted by Crippen LogP contribution is -2.31. The zero-order valence-corrected chi connectivity index (χ0v) is 5.41.